The Hall–Kier alpha value is -1.77. The van der Waals surface area contributed by atoms with Gasteiger partial charge >= 0.3 is 0 Å². The van der Waals surface area contributed by atoms with E-state index in [0.717, 1.165) is 24.5 Å². The van der Waals surface area contributed by atoms with Gasteiger partial charge in [-0.2, -0.15) is 0 Å². The fraction of sp³-hybridized carbons (Fsp3) is 0.375. The highest BCUT2D eigenvalue weighted by Crippen LogP contribution is 2.44. The molecule has 1 aromatic rings. The van der Waals surface area contributed by atoms with E-state index in [0.29, 0.717) is 0 Å². The molecule has 0 fully saturated rings. The van der Waals surface area contributed by atoms with Gasteiger partial charge in [0, 0.05) is 23.6 Å². The molecule has 0 saturated heterocycles. The van der Waals surface area contributed by atoms with Gasteiger partial charge in [-0.25, -0.2) is 4.39 Å². The highest BCUT2D eigenvalue weighted by atomic mass is 19.1. The van der Waals surface area contributed by atoms with Crippen molar-refractivity contribution in [3.05, 3.63) is 47.3 Å². The van der Waals surface area contributed by atoms with Crippen molar-refractivity contribution in [3.63, 3.8) is 0 Å². The predicted octanol–water partition coefficient (Wildman–Crippen LogP) is 4.25. The average molecular weight is 262 g/mol. The van der Waals surface area contributed by atoms with Crippen LogP contribution in [-0.2, 0) is 0 Å². The van der Waals surface area contributed by atoms with Crippen LogP contribution in [0.2, 0.25) is 0 Å². The Labute approximate surface area is 112 Å². The highest BCUT2D eigenvalue weighted by Gasteiger charge is 2.30. The molecular formula is C16H19FO2. The first-order chi connectivity index (χ1) is 8.90. The van der Waals surface area contributed by atoms with Crippen LogP contribution in [0.15, 0.2) is 35.9 Å². The monoisotopic (exact) mass is 262 g/mol. The van der Waals surface area contributed by atoms with Crippen molar-refractivity contribution in [3.8, 4) is 11.5 Å². The summed E-state index contributed by atoms with van der Waals surface area (Å²) >= 11 is 0. The predicted molar refractivity (Wildman–Crippen MR) is 73.8 cm³/mol. The summed E-state index contributed by atoms with van der Waals surface area (Å²) < 4.78 is 14.1. The first-order valence-electron chi connectivity index (χ1n) is 6.44. The summed E-state index contributed by atoms with van der Waals surface area (Å²) in [6.07, 6.45) is 3.87. The van der Waals surface area contributed by atoms with E-state index in [1.54, 1.807) is 0 Å². The Bertz CT molecular complexity index is 523. The Morgan fingerprint density at radius 1 is 1.37 bits per heavy atom. The molecule has 0 heterocycles. The number of allylic oxidation sites excluding steroid dienone is 3. The molecule has 0 saturated carbocycles. The zero-order valence-electron chi connectivity index (χ0n) is 11.3. The van der Waals surface area contributed by atoms with Gasteiger partial charge in [-0.3, -0.25) is 0 Å². The molecule has 0 spiro atoms. The molecule has 2 nitrogen and oxygen atoms in total. The van der Waals surface area contributed by atoms with Crippen molar-refractivity contribution in [2.45, 2.75) is 32.6 Å². The van der Waals surface area contributed by atoms with Crippen LogP contribution in [0.1, 0.15) is 38.2 Å². The topological polar surface area (TPSA) is 40.5 Å². The number of rotatable bonds is 2. The van der Waals surface area contributed by atoms with Crippen LogP contribution >= 0.6 is 0 Å². The van der Waals surface area contributed by atoms with E-state index in [9.17, 15) is 14.6 Å². The van der Waals surface area contributed by atoms with Crippen molar-refractivity contribution in [2.24, 2.45) is 5.92 Å². The molecule has 2 rings (SSSR count). The van der Waals surface area contributed by atoms with E-state index in [1.807, 2.05) is 19.9 Å². The van der Waals surface area contributed by atoms with Gasteiger partial charge in [-0.1, -0.05) is 23.8 Å². The number of phenolic OH excluding ortho intramolecular Hbond substituents is 2. The standard InChI is InChI=1S/C16H19FO2/c1-9(2)12-5-4-10(3)6-13(12)16-14(17)7-11(18)8-15(16)19/h6-8,12-13,18-19H,1,4-5H2,2-3H3/t12-,13+/m0/s1. The summed E-state index contributed by atoms with van der Waals surface area (Å²) in [5, 5.41) is 19.3. The quantitative estimate of drug-likeness (QED) is 0.782. The molecule has 1 aliphatic carbocycles. The lowest BCUT2D eigenvalue weighted by Crippen LogP contribution is -2.18. The third kappa shape index (κ3) is 2.65. The molecule has 0 aromatic heterocycles. The fourth-order valence-electron chi connectivity index (χ4n) is 2.83. The van der Waals surface area contributed by atoms with E-state index in [1.165, 1.54) is 11.6 Å². The minimum absolute atomic E-state index is 0.119. The van der Waals surface area contributed by atoms with Crippen molar-refractivity contribution in [1.29, 1.82) is 0 Å². The van der Waals surface area contributed by atoms with E-state index in [4.69, 9.17) is 0 Å². The molecule has 1 aliphatic rings. The molecule has 3 heteroatoms. The normalized spacial score (nSPS) is 23.0. The van der Waals surface area contributed by atoms with Crippen LogP contribution in [0.5, 0.6) is 11.5 Å². The lowest BCUT2D eigenvalue weighted by atomic mass is 9.74. The SMILES string of the molecule is C=C(C)[C@@H]1CCC(C)=C[C@H]1c1c(O)cc(O)cc1F. The highest BCUT2D eigenvalue weighted by molar-refractivity contribution is 5.45. The van der Waals surface area contributed by atoms with E-state index in [-0.39, 0.29) is 28.9 Å². The summed E-state index contributed by atoms with van der Waals surface area (Å²) in [7, 11) is 0. The van der Waals surface area contributed by atoms with Gasteiger partial charge in [0.1, 0.15) is 17.3 Å². The van der Waals surface area contributed by atoms with Crippen LogP contribution < -0.4 is 0 Å². The summed E-state index contributed by atoms with van der Waals surface area (Å²) in [6, 6.07) is 2.23. The van der Waals surface area contributed by atoms with Gasteiger partial charge in [-0.15, -0.1) is 0 Å². The molecule has 2 atom stereocenters. The molecule has 0 amide bonds. The number of phenols is 2. The Balaban J connectivity index is 2.54. The van der Waals surface area contributed by atoms with Crippen LogP contribution in [0, 0.1) is 11.7 Å². The van der Waals surface area contributed by atoms with E-state index in [2.05, 4.69) is 6.58 Å². The van der Waals surface area contributed by atoms with Crippen LogP contribution in [0.4, 0.5) is 4.39 Å². The third-order valence-electron chi connectivity index (χ3n) is 3.81. The number of hydrogen-bond donors (Lipinski definition) is 2. The maximum atomic E-state index is 14.1. The minimum atomic E-state index is -0.570. The molecule has 0 radical (unpaired) electrons. The first kappa shape index (κ1) is 13.7. The summed E-state index contributed by atoms with van der Waals surface area (Å²) in [5.41, 5.74) is 2.43. The first-order valence-corrected chi connectivity index (χ1v) is 6.44. The fourth-order valence-corrected chi connectivity index (χ4v) is 2.83. The van der Waals surface area contributed by atoms with Crippen molar-refractivity contribution in [1.82, 2.24) is 0 Å². The van der Waals surface area contributed by atoms with Gasteiger partial charge in [0.15, 0.2) is 0 Å². The smallest absolute Gasteiger partial charge is 0.134 e. The minimum Gasteiger partial charge on any atom is -0.508 e. The van der Waals surface area contributed by atoms with Crippen LogP contribution in [0.3, 0.4) is 0 Å². The number of halogens is 1. The van der Waals surface area contributed by atoms with Gasteiger partial charge in [-0.05, 0) is 32.6 Å². The lowest BCUT2D eigenvalue weighted by molar-refractivity contribution is 0.409. The number of hydrogen-bond acceptors (Lipinski definition) is 2. The molecule has 2 N–H and O–H groups in total. The van der Waals surface area contributed by atoms with Crippen molar-refractivity contribution < 1.29 is 14.6 Å². The molecular weight excluding hydrogens is 243 g/mol. The van der Waals surface area contributed by atoms with Crippen molar-refractivity contribution in [2.75, 3.05) is 0 Å². The van der Waals surface area contributed by atoms with Crippen molar-refractivity contribution >= 4 is 0 Å². The van der Waals surface area contributed by atoms with Gasteiger partial charge in [0.2, 0.25) is 0 Å². The maximum Gasteiger partial charge on any atom is 0.134 e. The Morgan fingerprint density at radius 3 is 2.63 bits per heavy atom. The second-order valence-corrected chi connectivity index (χ2v) is 5.39. The average Bonchev–Trinajstić information content (AvgIpc) is 2.27. The molecule has 1 aromatic carbocycles. The van der Waals surface area contributed by atoms with E-state index >= 15 is 0 Å². The zero-order chi connectivity index (χ0) is 14.2. The summed E-state index contributed by atoms with van der Waals surface area (Å²) in [6.45, 7) is 7.92. The lowest BCUT2D eigenvalue weighted by Gasteiger charge is -2.31. The second kappa shape index (κ2) is 5.08. The van der Waals surface area contributed by atoms with Gasteiger partial charge < -0.3 is 10.2 Å². The van der Waals surface area contributed by atoms with Gasteiger partial charge in [0.05, 0.1) is 0 Å². The Kier molecular flexibility index (Phi) is 3.65. The Morgan fingerprint density at radius 2 is 2.05 bits per heavy atom. The second-order valence-electron chi connectivity index (χ2n) is 5.39. The van der Waals surface area contributed by atoms with Gasteiger partial charge in [0.25, 0.3) is 0 Å². The molecule has 19 heavy (non-hydrogen) atoms. The van der Waals surface area contributed by atoms with Crippen LogP contribution in [0.25, 0.3) is 0 Å². The molecule has 0 bridgehead atoms. The molecule has 0 aliphatic heterocycles. The summed E-state index contributed by atoms with van der Waals surface area (Å²) in [5.74, 6) is -1.12. The number of benzene rings is 1. The maximum absolute atomic E-state index is 14.1. The zero-order valence-corrected chi connectivity index (χ0v) is 11.3. The van der Waals surface area contributed by atoms with Crippen LogP contribution in [-0.4, -0.2) is 10.2 Å². The summed E-state index contributed by atoms with van der Waals surface area (Å²) in [4.78, 5) is 0. The number of aromatic hydroxyl groups is 2. The third-order valence-corrected chi connectivity index (χ3v) is 3.81. The largest absolute Gasteiger partial charge is 0.508 e. The molecule has 102 valence electrons. The van der Waals surface area contributed by atoms with E-state index < -0.39 is 5.82 Å². The molecule has 0 unspecified atom stereocenters.